The lowest BCUT2D eigenvalue weighted by Crippen LogP contribution is -1.98. The van der Waals surface area contributed by atoms with Crippen LogP contribution in [-0.2, 0) is 9.05 Å². The summed E-state index contributed by atoms with van der Waals surface area (Å²) >= 11 is 2.91. The molecule has 0 aliphatic rings. The van der Waals surface area contributed by atoms with Crippen LogP contribution in [0.4, 0.5) is 4.39 Å². The number of hydrogen-bond donors (Lipinski definition) is 0. The normalized spacial score (nSPS) is 11.0. The average molecular weight is 299 g/mol. The highest BCUT2D eigenvalue weighted by molar-refractivity contribution is 9.10. The second-order valence-electron chi connectivity index (χ2n) is 2.28. The second-order valence-corrected chi connectivity index (χ2v) is 5.67. The molecule has 0 heterocycles. The van der Waals surface area contributed by atoms with Crippen molar-refractivity contribution in [3.05, 3.63) is 28.0 Å². The van der Waals surface area contributed by atoms with Crippen molar-refractivity contribution < 1.29 is 12.8 Å². The third-order valence-electron chi connectivity index (χ3n) is 1.43. The topological polar surface area (TPSA) is 57.9 Å². The first kappa shape index (κ1) is 11.4. The van der Waals surface area contributed by atoms with Crippen LogP contribution < -0.4 is 0 Å². The van der Waals surface area contributed by atoms with Crippen LogP contribution in [0.1, 0.15) is 5.56 Å². The second kappa shape index (κ2) is 3.85. The summed E-state index contributed by atoms with van der Waals surface area (Å²) in [5, 5.41) is 8.53. The largest absolute Gasteiger partial charge is 0.264 e. The number of halogens is 3. The van der Waals surface area contributed by atoms with Gasteiger partial charge in [0.2, 0.25) is 0 Å². The summed E-state index contributed by atoms with van der Waals surface area (Å²) in [6.07, 6.45) is 0. The number of nitriles is 1. The van der Waals surface area contributed by atoms with Crippen LogP contribution in [0, 0.1) is 17.1 Å². The fourth-order valence-electron chi connectivity index (χ4n) is 0.824. The molecular weight excluding hydrogens is 297 g/mol. The first-order chi connectivity index (χ1) is 6.38. The Balaban J connectivity index is 3.62. The van der Waals surface area contributed by atoms with Crippen LogP contribution in [0.25, 0.3) is 0 Å². The molecule has 0 atom stereocenters. The first-order valence-corrected chi connectivity index (χ1v) is 6.31. The van der Waals surface area contributed by atoms with Crippen molar-refractivity contribution in [3.8, 4) is 6.07 Å². The molecule has 0 N–H and O–H groups in total. The summed E-state index contributed by atoms with van der Waals surface area (Å²) in [5.41, 5.74) is -0.383. The van der Waals surface area contributed by atoms with Crippen molar-refractivity contribution in [3.63, 3.8) is 0 Å². The molecule has 3 nitrogen and oxygen atoms in total. The molecule has 0 fully saturated rings. The van der Waals surface area contributed by atoms with Gasteiger partial charge in [0.15, 0.2) is 5.82 Å². The third kappa shape index (κ3) is 2.05. The number of nitrogens with zero attached hydrogens (tertiary/aromatic N) is 1. The van der Waals surface area contributed by atoms with Crippen molar-refractivity contribution in [1.29, 1.82) is 5.26 Å². The number of rotatable bonds is 1. The van der Waals surface area contributed by atoms with E-state index in [1.165, 1.54) is 12.1 Å². The predicted octanol–water partition coefficient (Wildman–Crippen LogP) is 2.39. The Morgan fingerprint density at radius 3 is 2.50 bits per heavy atom. The van der Waals surface area contributed by atoms with E-state index in [0.717, 1.165) is 6.07 Å². The van der Waals surface area contributed by atoms with Gasteiger partial charge in [-0.3, -0.25) is 0 Å². The highest BCUT2D eigenvalue weighted by Crippen LogP contribution is 2.26. The van der Waals surface area contributed by atoms with Crippen molar-refractivity contribution in [2.45, 2.75) is 4.90 Å². The Bertz CT molecular complexity index is 523. The van der Waals surface area contributed by atoms with Gasteiger partial charge in [0.25, 0.3) is 9.05 Å². The zero-order valence-corrected chi connectivity index (χ0v) is 9.62. The Hall–Kier alpha value is -0.640. The van der Waals surface area contributed by atoms with E-state index >= 15 is 0 Å². The summed E-state index contributed by atoms with van der Waals surface area (Å²) in [5.74, 6) is -1.14. The fourth-order valence-corrected chi connectivity index (χ4v) is 2.12. The summed E-state index contributed by atoms with van der Waals surface area (Å²) in [6, 6.07) is 3.77. The molecule has 0 radical (unpaired) electrons. The van der Waals surface area contributed by atoms with Crippen LogP contribution in [0.2, 0.25) is 0 Å². The lowest BCUT2D eigenvalue weighted by Gasteiger charge is -2.01. The van der Waals surface area contributed by atoms with E-state index in [2.05, 4.69) is 15.9 Å². The molecule has 0 bridgehead atoms. The fraction of sp³-hybridized carbons (Fsp3) is 0. The summed E-state index contributed by atoms with van der Waals surface area (Å²) in [4.78, 5) is -0.695. The van der Waals surface area contributed by atoms with E-state index in [1.807, 2.05) is 0 Å². The van der Waals surface area contributed by atoms with E-state index < -0.39 is 19.8 Å². The maximum absolute atomic E-state index is 13.3. The summed E-state index contributed by atoms with van der Waals surface area (Å²) in [6.45, 7) is 0. The third-order valence-corrected chi connectivity index (χ3v) is 3.43. The van der Waals surface area contributed by atoms with Gasteiger partial charge in [-0.1, -0.05) is 0 Å². The molecule has 0 aromatic heterocycles. The zero-order chi connectivity index (χ0) is 10.9. The quantitative estimate of drug-likeness (QED) is 0.748. The van der Waals surface area contributed by atoms with Gasteiger partial charge in [-0.2, -0.15) is 5.26 Å². The van der Waals surface area contributed by atoms with Crippen LogP contribution in [0.5, 0.6) is 0 Å². The average Bonchev–Trinajstić information content (AvgIpc) is 2.02. The SMILES string of the molecule is N#Cc1c(Br)ccc(S(=O)(=O)Cl)c1F. The van der Waals surface area contributed by atoms with Gasteiger partial charge in [0.05, 0.1) is 0 Å². The highest BCUT2D eigenvalue weighted by Gasteiger charge is 2.20. The smallest absolute Gasteiger partial charge is 0.207 e. The lowest BCUT2D eigenvalue weighted by molar-refractivity contribution is 0.572. The molecule has 14 heavy (non-hydrogen) atoms. The van der Waals surface area contributed by atoms with Crippen molar-refractivity contribution in [2.24, 2.45) is 0 Å². The van der Waals surface area contributed by atoms with E-state index in [9.17, 15) is 12.8 Å². The van der Waals surface area contributed by atoms with E-state index in [4.69, 9.17) is 15.9 Å². The van der Waals surface area contributed by atoms with Crippen LogP contribution >= 0.6 is 26.6 Å². The van der Waals surface area contributed by atoms with Gasteiger partial charge in [-0.25, -0.2) is 12.8 Å². The Morgan fingerprint density at radius 1 is 1.50 bits per heavy atom. The van der Waals surface area contributed by atoms with E-state index in [1.54, 1.807) is 0 Å². The maximum Gasteiger partial charge on any atom is 0.264 e. The maximum atomic E-state index is 13.3. The van der Waals surface area contributed by atoms with Crippen LogP contribution in [-0.4, -0.2) is 8.42 Å². The zero-order valence-electron chi connectivity index (χ0n) is 6.46. The van der Waals surface area contributed by atoms with Gasteiger partial charge >= 0.3 is 0 Å². The molecule has 1 aromatic rings. The summed E-state index contributed by atoms with van der Waals surface area (Å²) in [7, 11) is 0.795. The van der Waals surface area contributed by atoms with E-state index in [-0.39, 0.29) is 10.0 Å². The van der Waals surface area contributed by atoms with Gasteiger partial charge in [0.1, 0.15) is 16.5 Å². The molecule has 0 saturated carbocycles. The minimum Gasteiger partial charge on any atom is -0.207 e. The monoisotopic (exact) mass is 297 g/mol. The van der Waals surface area contributed by atoms with Crippen molar-refractivity contribution in [2.75, 3.05) is 0 Å². The predicted molar refractivity (Wildman–Crippen MR) is 51.9 cm³/mol. The molecule has 1 rings (SSSR count). The van der Waals surface area contributed by atoms with Gasteiger partial charge in [-0.05, 0) is 28.1 Å². The Kier molecular flexibility index (Phi) is 3.14. The molecule has 0 amide bonds. The van der Waals surface area contributed by atoms with Gasteiger partial charge in [-0.15, -0.1) is 0 Å². The Morgan fingerprint density at radius 2 is 2.07 bits per heavy atom. The summed E-state index contributed by atoms with van der Waals surface area (Å²) < 4.78 is 35.2. The highest BCUT2D eigenvalue weighted by atomic mass is 79.9. The van der Waals surface area contributed by atoms with E-state index in [0.29, 0.717) is 0 Å². The van der Waals surface area contributed by atoms with Crippen LogP contribution in [0.3, 0.4) is 0 Å². The molecule has 0 saturated heterocycles. The molecule has 7 heteroatoms. The minimum atomic E-state index is -4.16. The molecule has 0 spiro atoms. The molecule has 0 unspecified atom stereocenters. The lowest BCUT2D eigenvalue weighted by atomic mass is 10.2. The molecular formula is C7H2BrClFNO2S. The minimum absolute atomic E-state index is 0.182. The van der Waals surface area contributed by atoms with Gasteiger partial charge in [0, 0.05) is 15.2 Å². The van der Waals surface area contributed by atoms with Crippen molar-refractivity contribution in [1.82, 2.24) is 0 Å². The first-order valence-electron chi connectivity index (χ1n) is 3.20. The Labute approximate surface area is 92.7 Å². The van der Waals surface area contributed by atoms with Gasteiger partial charge < -0.3 is 0 Å². The number of benzene rings is 1. The number of hydrogen-bond acceptors (Lipinski definition) is 3. The van der Waals surface area contributed by atoms with Crippen LogP contribution in [0.15, 0.2) is 21.5 Å². The molecule has 74 valence electrons. The molecule has 0 aliphatic heterocycles. The standard InChI is InChI=1S/C7H2BrClFNO2S/c8-5-1-2-6(14(9,12)13)7(10)4(5)3-11/h1-2H. The van der Waals surface area contributed by atoms with Crippen molar-refractivity contribution >= 4 is 35.7 Å². The molecule has 0 aliphatic carbocycles. The molecule has 1 aromatic carbocycles.